The van der Waals surface area contributed by atoms with E-state index in [0.29, 0.717) is 18.7 Å². The van der Waals surface area contributed by atoms with E-state index >= 15 is 0 Å². The molecule has 0 spiro atoms. The standard InChI is InChI=1S/C11H15FN2O3/c1-8(4-5-15)7-13-10-3-2-9(12)6-11(10)14(16)17/h2-3,6,8,13,15H,4-5,7H2,1H3. The molecule has 5 nitrogen and oxygen atoms in total. The highest BCUT2D eigenvalue weighted by Gasteiger charge is 2.15. The van der Waals surface area contributed by atoms with E-state index in [1.54, 1.807) is 0 Å². The zero-order valence-electron chi connectivity index (χ0n) is 9.52. The summed E-state index contributed by atoms with van der Waals surface area (Å²) in [5, 5.41) is 22.3. The second-order valence-corrected chi connectivity index (χ2v) is 3.92. The Morgan fingerprint density at radius 2 is 2.29 bits per heavy atom. The van der Waals surface area contributed by atoms with E-state index in [9.17, 15) is 14.5 Å². The van der Waals surface area contributed by atoms with Crippen molar-refractivity contribution in [3.63, 3.8) is 0 Å². The molecular weight excluding hydrogens is 227 g/mol. The first kappa shape index (κ1) is 13.4. The molecule has 6 heteroatoms. The summed E-state index contributed by atoms with van der Waals surface area (Å²) in [4.78, 5) is 10.1. The second kappa shape index (κ2) is 6.15. The van der Waals surface area contributed by atoms with E-state index < -0.39 is 10.7 Å². The number of hydrogen-bond donors (Lipinski definition) is 2. The molecule has 1 rings (SSSR count). The number of halogens is 1. The lowest BCUT2D eigenvalue weighted by molar-refractivity contribution is -0.384. The Balaban J connectivity index is 2.73. The maximum atomic E-state index is 12.9. The minimum Gasteiger partial charge on any atom is -0.396 e. The zero-order chi connectivity index (χ0) is 12.8. The van der Waals surface area contributed by atoms with Crippen LogP contribution < -0.4 is 5.32 Å². The van der Waals surface area contributed by atoms with Gasteiger partial charge in [0, 0.05) is 13.2 Å². The summed E-state index contributed by atoms with van der Waals surface area (Å²) in [6.45, 7) is 2.49. The van der Waals surface area contributed by atoms with Crippen LogP contribution >= 0.6 is 0 Å². The van der Waals surface area contributed by atoms with Gasteiger partial charge in [0.15, 0.2) is 0 Å². The number of nitrogens with one attached hydrogen (secondary N) is 1. The summed E-state index contributed by atoms with van der Waals surface area (Å²) < 4.78 is 12.9. The number of aliphatic hydroxyl groups excluding tert-OH is 1. The SMILES string of the molecule is CC(CCO)CNc1ccc(F)cc1[N+](=O)[O-]. The Bertz CT molecular complexity index is 398. The molecule has 0 fully saturated rings. The molecule has 2 N–H and O–H groups in total. The Morgan fingerprint density at radius 1 is 1.59 bits per heavy atom. The number of anilines is 1. The van der Waals surface area contributed by atoms with Gasteiger partial charge in [-0.3, -0.25) is 10.1 Å². The molecule has 94 valence electrons. The molecule has 1 aromatic rings. The molecule has 1 aromatic carbocycles. The number of aliphatic hydroxyl groups is 1. The van der Waals surface area contributed by atoms with Crippen LogP contribution in [-0.4, -0.2) is 23.2 Å². The second-order valence-electron chi connectivity index (χ2n) is 3.92. The lowest BCUT2D eigenvalue weighted by atomic mass is 10.1. The molecule has 0 radical (unpaired) electrons. The molecule has 0 amide bonds. The summed E-state index contributed by atoms with van der Waals surface area (Å²) in [6, 6.07) is 3.41. The van der Waals surface area contributed by atoms with Crippen LogP contribution in [0.2, 0.25) is 0 Å². The summed E-state index contributed by atoms with van der Waals surface area (Å²) in [6.07, 6.45) is 0.613. The largest absolute Gasteiger partial charge is 0.396 e. The monoisotopic (exact) mass is 242 g/mol. The molecule has 0 bridgehead atoms. The number of nitrogens with zero attached hydrogens (tertiary/aromatic N) is 1. The molecule has 0 aliphatic heterocycles. The highest BCUT2D eigenvalue weighted by molar-refractivity contribution is 5.61. The molecule has 0 aliphatic carbocycles. The fourth-order valence-electron chi connectivity index (χ4n) is 1.41. The molecule has 0 saturated carbocycles. The van der Waals surface area contributed by atoms with Crippen molar-refractivity contribution >= 4 is 11.4 Å². The van der Waals surface area contributed by atoms with Crippen molar-refractivity contribution in [1.29, 1.82) is 0 Å². The van der Waals surface area contributed by atoms with Crippen LogP contribution in [0.5, 0.6) is 0 Å². The van der Waals surface area contributed by atoms with Crippen molar-refractivity contribution in [2.24, 2.45) is 5.92 Å². The fraction of sp³-hybridized carbons (Fsp3) is 0.455. The van der Waals surface area contributed by atoms with Gasteiger partial charge in [-0.25, -0.2) is 4.39 Å². The normalized spacial score (nSPS) is 12.2. The number of benzene rings is 1. The molecule has 1 unspecified atom stereocenters. The first-order valence-electron chi connectivity index (χ1n) is 5.33. The molecule has 0 aromatic heterocycles. The van der Waals surface area contributed by atoms with Crippen LogP contribution in [0.4, 0.5) is 15.8 Å². The lowest BCUT2D eigenvalue weighted by Crippen LogP contribution is -2.13. The van der Waals surface area contributed by atoms with Gasteiger partial charge in [-0.2, -0.15) is 0 Å². The predicted molar refractivity (Wildman–Crippen MR) is 62.4 cm³/mol. The Morgan fingerprint density at radius 3 is 2.88 bits per heavy atom. The summed E-state index contributed by atoms with van der Waals surface area (Å²) >= 11 is 0. The maximum Gasteiger partial charge on any atom is 0.295 e. The third-order valence-electron chi connectivity index (χ3n) is 2.42. The molecule has 0 aliphatic rings. The van der Waals surface area contributed by atoms with E-state index in [1.807, 2.05) is 6.92 Å². The smallest absolute Gasteiger partial charge is 0.295 e. The Kier molecular flexibility index (Phi) is 4.84. The first-order valence-corrected chi connectivity index (χ1v) is 5.33. The van der Waals surface area contributed by atoms with Crippen LogP contribution in [0.15, 0.2) is 18.2 Å². The summed E-state index contributed by atoms with van der Waals surface area (Å²) in [5.74, 6) is -0.449. The molecular formula is C11H15FN2O3. The molecule has 0 heterocycles. The molecule has 0 saturated heterocycles. The average molecular weight is 242 g/mol. The Hall–Kier alpha value is -1.69. The van der Waals surface area contributed by atoms with E-state index in [0.717, 1.165) is 6.07 Å². The predicted octanol–water partition coefficient (Wildman–Crippen LogP) is 2.16. The van der Waals surface area contributed by atoms with Gasteiger partial charge in [0.1, 0.15) is 11.5 Å². The third kappa shape index (κ3) is 3.99. The van der Waals surface area contributed by atoms with Gasteiger partial charge < -0.3 is 10.4 Å². The van der Waals surface area contributed by atoms with Crippen molar-refractivity contribution < 1.29 is 14.4 Å². The minimum absolute atomic E-state index is 0.0777. The van der Waals surface area contributed by atoms with E-state index in [4.69, 9.17) is 5.11 Å². The average Bonchev–Trinajstić information content (AvgIpc) is 2.27. The highest BCUT2D eigenvalue weighted by Crippen LogP contribution is 2.25. The molecule has 1 atom stereocenters. The van der Waals surface area contributed by atoms with Crippen molar-refractivity contribution in [2.45, 2.75) is 13.3 Å². The van der Waals surface area contributed by atoms with Gasteiger partial charge in [0.2, 0.25) is 0 Å². The fourth-order valence-corrected chi connectivity index (χ4v) is 1.41. The van der Waals surface area contributed by atoms with Crippen LogP contribution in [0.25, 0.3) is 0 Å². The number of nitro benzene ring substituents is 1. The van der Waals surface area contributed by atoms with Crippen LogP contribution in [0.1, 0.15) is 13.3 Å². The lowest BCUT2D eigenvalue weighted by Gasteiger charge is -2.12. The summed E-state index contributed by atoms with van der Waals surface area (Å²) in [7, 11) is 0. The van der Waals surface area contributed by atoms with Gasteiger partial charge >= 0.3 is 0 Å². The molecule has 17 heavy (non-hydrogen) atoms. The van der Waals surface area contributed by atoms with Gasteiger partial charge in [-0.1, -0.05) is 6.92 Å². The van der Waals surface area contributed by atoms with Gasteiger partial charge in [0.05, 0.1) is 11.0 Å². The topological polar surface area (TPSA) is 75.4 Å². The number of hydrogen-bond acceptors (Lipinski definition) is 4. The van der Waals surface area contributed by atoms with Gasteiger partial charge in [-0.15, -0.1) is 0 Å². The van der Waals surface area contributed by atoms with Crippen molar-refractivity contribution in [2.75, 3.05) is 18.5 Å². The first-order chi connectivity index (χ1) is 8.04. The van der Waals surface area contributed by atoms with Crippen LogP contribution in [0, 0.1) is 21.8 Å². The minimum atomic E-state index is -0.634. The summed E-state index contributed by atoms with van der Waals surface area (Å²) in [5.41, 5.74) is 0.0161. The zero-order valence-corrected chi connectivity index (χ0v) is 9.52. The van der Waals surface area contributed by atoms with Crippen molar-refractivity contribution in [1.82, 2.24) is 0 Å². The highest BCUT2D eigenvalue weighted by atomic mass is 19.1. The number of nitro groups is 1. The van der Waals surface area contributed by atoms with Gasteiger partial charge in [0.25, 0.3) is 5.69 Å². The quantitative estimate of drug-likeness (QED) is 0.592. The number of rotatable bonds is 6. The van der Waals surface area contributed by atoms with E-state index in [2.05, 4.69) is 5.32 Å². The van der Waals surface area contributed by atoms with Crippen LogP contribution in [0.3, 0.4) is 0 Å². The van der Waals surface area contributed by atoms with Gasteiger partial charge in [-0.05, 0) is 24.5 Å². The van der Waals surface area contributed by atoms with Crippen molar-refractivity contribution in [3.8, 4) is 0 Å². The van der Waals surface area contributed by atoms with E-state index in [1.165, 1.54) is 12.1 Å². The van der Waals surface area contributed by atoms with Crippen molar-refractivity contribution in [3.05, 3.63) is 34.1 Å². The van der Waals surface area contributed by atoms with E-state index in [-0.39, 0.29) is 18.2 Å². The third-order valence-corrected chi connectivity index (χ3v) is 2.42. The maximum absolute atomic E-state index is 12.9. The Labute approximate surface area is 98.4 Å². The van der Waals surface area contributed by atoms with Crippen LogP contribution in [-0.2, 0) is 0 Å².